The van der Waals surface area contributed by atoms with Crippen LogP contribution in [0.1, 0.15) is 27.2 Å². The van der Waals surface area contributed by atoms with E-state index in [0.29, 0.717) is 6.42 Å². The molecule has 3 rings (SSSR count). The van der Waals surface area contributed by atoms with Crippen LogP contribution in [-0.4, -0.2) is 68.7 Å². The lowest BCUT2D eigenvalue weighted by Crippen LogP contribution is -2.49. The van der Waals surface area contributed by atoms with Crippen LogP contribution in [0.3, 0.4) is 0 Å². The number of amides is 1. The Morgan fingerprint density at radius 1 is 1.18 bits per heavy atom. The zero-order valence-corrected chi connectivity index (χ0v) is 16.3. The van der Waals surface area contributed by atoms with E-state index in [4.69, 9.17) is 23.7 Å². The van der Waals surface area contributed by atoms with E-state index in [0.717, 1.165) is 0 Å². The Morgan fingerprint density at radius 2 is 1.89 bits per heavy atom. The number of rotatable bonds is 7. The summed E-state index contributed by atoms with van der Waals surface area (Å²) in [5.41, 5.74) is -0.591. The van der Waals surface area contributed by atoms with Crippen LogP contribution in [0.25, 0.3) is 0 Å². The van der Waals surface area contributed by atoms with E-state index in [1.807, 2.05) is 6.92 Å². The van der Waals surface area contributed by atoms with Crippen LogP contribution in [0, 0.1) is 17.3 Å². The highest BCUT2D eigenvalue weighted by molar-refractivity contribution is 5.86. The molecule has 0 aliphatic carbocycles. The van der Waals surface area contributed by atoms with Crippen molar-refractivity contribution >= 4 is 24.0 Å². The minimum atomic E-state index is -0.904. The quantitative estimate of drug-likeness (QED) is 0.362. The van der Waals surface area contributed by atoms with Gasteiger partial charge in [-0.15, -0.1) is 0 Å². The van der Waals surface area contributed by atoms with Crippen molar-refractivity contribution in [2.24, 2.45) is 17.3 Å². The summed E-state index contributed by atoms with van der Waals surface area (Å²) >= 11 is 0. The molecule has 3 saturated heterocycles. The number of ether oxygens (including phenoxy) is 5. The predicted octanol–water partition coefficient (Wildman–Crippen LogP) is 0.172. The topological polar surface area (TPSA) is 126 Å². The lowest BCUT2D eigenvalue weighted by molar-refractivity contribution is -0.154. The van der Waals surface area contributed by atoms with Crippen molar-refractivity contribution < 1.29 is 42.9 Å². The molecule has 3 aliphatic heterocycles. The number of fused-ring (bicyclic) bond motifs is 1. The first kappa shape index (κ1) is 20.4. The molecular weight excluding hydrogens is 374 g/mol. The minimum absolute atomic E-state index is 0.00411. The zero-order valence-electron chi connectivity index (χ0n) is 16.3. The van der Waals surface area contributed by atoms with Gasteiger partial charge in [-0.1, -0.05) is 6.92 Å². The van der Waals surface area contributed by atoms with Crippen LogP contribution >= 0.6 is 0 Å². The molecule has 0 aromatic carbocycles. The van der Waals surface area contributed by atoms with Gasteiger partial charge in [-0.3, -0.25) is 14.4 Å². The Labute approximate surface area is 162 Å². The van der Waals surface area contributed by atoms with Crippen LogP contribution in [0.2, 0.25) is 0 Å². The first-order valence-electron chi connectivity index (χ1n) is 9.26. The number of hydrogen-bond acceptors (Lipinski definition) is 9. The van der Waals surface area contributed by atoms with Crippen molar-refractivity contribution in [2.75, 3.05) is 20.3 Å². The molecule has 3 aliphatic rings. The lowest BCUT2D eigenvalue weighted by atomic mass is 9.78. The van der Waals surface area contributed by atoms with Crippen molar-refractivity contribution in [3.05, 3.63) is 0 Å². The Bertz CT molecular complexity index is 676. The lowest BCUT2D eigenvalue weighted by Gasteiger charge is -2.26. The Hall–Kier alpha value is -2.36. The van der Waals surface area contributed by atoms with Crippen molar-refractivity contribution in [3.8, 4) is 0 Å². The highest BCUT2D eigenvalue weighted by Crippen LogP contribution is 2.51. The molecule has 1 amide bonds. The molecule has 6 atom stereocenters. The molecule has 2 bridgehead atoms. The summed E-state index contributed by atoms with van der Waals surface area (Å²) in [6.45, 7) is 5.49. The monoisotopic (exact) mass is 399 g/mol. The molecule has 0 saturated carbocycles. The van der Waals surface area contributed by atoms with Gasteiger partial charge in [-0.25, -0.2) is 4.79 Å². The molecule has 0 spiro atoms. The van der Waals surface area contributed by atoms with Crippen LogP contribution in [-0.2, 0) is 38.1 Å². The molecular formula is C18H25NO9. The number of nitrogens with one attached hydrogen (secondary N) is 1. The molecule has 0 aromatic heterocycles. The second-order valence-electron chi connectivity index (χ2n) is 7.71. The van der Waals surface area contributed by atoms with Crippen LogP contribution < -0.4 is 5.32 Å². The van der Waals surface area contributed by atoms with Crippen molar-refractivity contribution in [1.29, 1.82) is 0 Å². The van der Waals surface area contributed by atoms with Gasteiger partial charge in [0.25, 0.3) is 0 Å². The van der Waals surface area contributed by atoms with E-state index in [2.05, 4.69) is 5.32 Å². The average molecular weight is 399 g/mol. The van der Waals surface area contributed by atoms with Crippen LogP contribution in [0.15, 0.2) is 0 Å². The number of carbonyl (C=O) groups is 4. The fraction of sp³-hybridized carbons (Fsp3) is 0.778. The van der Waals surface area contributed by atoms with E-state index in [-0.39, 0.29) is 19.1 Å². The predicted molar refractivity (Wildman–Crippen MR) is 90.8 cm³/mol. The normalized spacial score (nSPS) is 32.6. The maximum absolute atomic E-state index is 12.1. The summed E-state index contributed by atoms with van der Waals surface area (Å²) in [6.07, 6.45) is -3.22. The summed E-state index contributed by atoms with van der Waals surface area (Å²) in [5, 5.41) is 2.47. The highest BCUT2D eigenvalue weighted by atomic mass is 16.7. The van der Waals surface area contributed by atoms with Gasteiger partial charge in [0.1, 0.15) is 30.7 Å². The van der Waals surface area contributed by atoms with Crippen molar-refractivity contribution in [3.63, 3.8) is 0 Å². The van der Waals surface area contributed by atoms with Gasteiger partial charge < -0.3 is 29.0 Å². The first-order chi connectivity index (χ1) is 13.2. The van der Waals surface area contributed by atoms with E-state index < -0.39 is 59.7 Å². The second-order valence-corrected chi connectivity index (χ2v) is 7.71. The van der Waals surface area contributed by atoms with Crippen molar-refractivity contribution in [2.45, 2.75) is 51.6 Å². The number of carbonyl (C=O) groups excluding carboxylic acids is 4. The first-order valence-corrected chi connectivity index (χ1v) is 9.26. The zero-order chi connectivity index (χ0) is 20.6. The second kappa shape index (κ2) is 7.57. The summed E-state index contributed by atoms with van der Waals surface area (Å²) in [7, 11) is 1.22. The summed E-state index contributed by atoms with van der Waals surface area (Å²) in [4.78, 5) is 48.0. The van der Waals surface area contributed by atoms with E-state index in [1.165, 1.54) is 7.11 Å². The number of methoxy groups -OCH3 is 1. The fourth-order valence-corrected chi connectivity index (χ4v) is 3.68. The van der Waals surface area contributed by atoms with Gasteiger partial charge in [0.2, 0.25) is 0 Å². The molecule has 28 heavy (non-hydrogen) atoms. The molecule has 0 radical (unpaired) electrons. The van der Waals surface area contributed by atoms with Crippen molar-refractivity contribution in [1.82, 2.24) is 5.32 Å². The fourth-order valence-electron chi connectivity index (χ4n) is 3.68. The molecule has 10 heteroatoms. The van der Waals surface area contributed by atoms with E-state index in [9.17, 15) is 19.2 Å². The average Bonchev–Trinajstić information content (AvgIpc) is 3.28. The van der Waals surface area contributed by atoms with E-state index >= 15 is 0 Å². The molecule has 1 N–H and O–H groups in total. The van der Waals surface area contributed by atoms with Gasteiger partial charge in [-0.2, -0.15) is 0 Å². The van der Waals surface area contributed by atoms with Gasteiger partial charge >= 0.3 is 24.0 Å². The largest absolute Gasteiger partial charge is 0.469 e. The molecule has 6 unspecified atom stereocenters. The van der Waals surface area contributed by atoms with Gasteiger partial charge in [0.15, 0.2) is 12.2 Å². The Kier molecular flexibility index (Phi) is 5.51. The highest BCUT2D eigenvalue weighted by Gasteiger charge is 2.72. The maximum atomic E-state index is 12.1. The molecule has 10 nitrogen and oxygen atoms in total. The Morgan fingerprint density at radius 3 is 2.54 bits per heavy atom. The smallest absolute Gasteiger partial charge is 0.407 e. The number of esters is 3. The molecule has 156 valence electrons. The number of hydrogen-bond donors (Lipinski definition) is 1. The summed E-state index contributed by atoms with van der Waals surface area (Å²) in [5.74, 6) is -3.10. The third kappa shape index (κ3) is 3.41. The molecule has 3 fully saturated rings. The third-order valence-electron chi connectivity index (χ3n) is 5.66. The standard InChI is InChI=1S/C18H25NO9/c1-5-18(2,3)16(22)25-7-6-19-17(23)28-13-10-8(14(20)24-4)9-11(26-10)12(13)27-15(9)21/h8-13H,5-7H2,1-4H3,(H,19,23). The minimum Gasteiger partial charge on any atom is -0.469 e. The van der Waals surface area contributed by atoms with Crippen LogP contribution in [0.5, 0.6) is 0 Å². The molecule has 3 heterocycles. The number of alkyl carbamates (subject to hydrolysis) is 1. The van der Waals surface area contributed by atoms with Gasteiger partial charge in [-0.05, 0) is 20.3 Å². The third-order valence-corrected chi connectivity index (χ3v) is 5.66. The maximum Gasteiger partial charge on any atom is 0.407 e. The van der Waals surface area contributed by atoms with E-state index in [1.54, 1.807) is 13.8 Å². The van der Waals surface area contributed by atoms with Crippen LogP contribution in [0.4, 0.5) is 4.79 Å². The SMILES string of the molecule is CCC(C)(C)C(=O)OCCNC(=O)OC1C2OC(=O)C3C2OC1C3C(=O)OC. The van der Waals surface area contributed by atoms with Gasteiger partial charge in [0.05, 0.1) is 19.1 Å². The molecule has 0 aromatic rings. The van der Waals surface area contributed by atoms with Gasteiger partial charge in [0, 0.05) is 0 Å². The summed E-state index contributed by atoms with van der Waals surface area (Å²) < 4.78 is 26.1. The Balaban J connectivity index is 1.50. The summed E-state index contributed by atoms with van der Waals surface area (Å²) in [6, 6.07) is 0.